The molecule has 0 aliphatic carbocycles. The van der Waals surface area contributed by atoms with Crippen molar-refractivity contribution in [3.8, 4) is 34.2 Å². The number of methoxy groups -OCH3 is 1. The van der Waals surface area contributed by atoms with Crippen LogP contribution in [0.3, 0.4) is 0 Å². The molecule has 2 aromatic carbocycles. The van der Waals surface area contributed by atoms with Gasteiger partial charge in [0.25, 0.3) is 0 Å². The minimum absolute atomic E-state index is 0.0270. The first kappa shape index (κ1) is 22.3. The lowest BCUT2D eigenvalue weighted by Crippen LogP contribution is -2.15. The number of halogens is 4. The topological polar surface area (TPSA) is 85.0 Å². The molecule has 0 aliphatic rings. The Labute approximate surface area is 175 Å². The van der Waals surface area contributed by atoms with E-state index in [1.54, 1.807) is 6.07 Å². The summed E-state index contributed by atoms with van der Waals surface area (Å²) in [7, 11) is -2.30. The van der Waals surface area contributed by atoms with Crippen LogP contribution >= 0.6 is 0 Å². The summed E-state index contributed by atoms with van der Waals surface area (Å²) < 4.78 is 84.8. The zero-order valence-electron chi connectivity index (χ0n) is 16.2. The van der Waals surface area contributed by atoms with Crippen LogP contribution in [0.25, 0.3) is 22.4 Å². The molecule has 31 heavy (non-hydrogen) atoms. The Morgan fingerprint density at radius 1 is 1.13 bits per heavy atom. The van der Waals surface area contributed by atoms with Crippen LogP contribution < -0.4 is 4.74 Å². The van der Waals surface area contributed by atoms with Gasteiger partial charge in [-0.15, -0.1) is 0 Å². The van der Waals surface area contributed by atoms with Crippen molar-refractivity contribution in [3.05, 3.63) is 54.0 Å². The predicted octanol–water partition coefficient (Wildman–Crippen LogP) is 4.31. The molecular weight excluding hydrogens is 438 g/mol. The number of alkyl halides is 3. The van der Waals surface area contributed by atoms with Gasteiger partial charge in [-0.2, -0.15) is 23.5 Å². The molecule has 0 spiro atoms. The van der Waals surface area contributed by atoms with Gasteiger partial charge >= 0.3 is 6.18 Å². The van der Waals surface area contributed by atoms with Gasteiger partial charge in [0.05, 0.1) is 18.1 Å². The molecule has 0 saturated carbocycles. The number of benzene rings is 2. The van der Waals surface area contributed by atoms with Crippen molar-refractivity contribution in [2.24, 2.45) is 0 Å². The van der Waals surface area contributed by atoms with Crippen LogP contribution in [0.15, 0.2) is 47.4 Å². The van der Waals surface area contributed by atoms with Crippen molar-refractivity contribution in [1.29, 1.82) is 5.26 Å². The summed E-state index contributed by atoms with van der Waals surface area (Å²) in [6.07, 6.45) is -3.91. The Morgan fingerprint density at radius 3 is 2.23 bits per heavy atom. The maximum atomic E-state index is 14.3. The maximum absolute atomic E-state index is 14.3. The molecule has 162 valence electrons. The van der Waals surface area contributed by atoms with Gasteiger partial charge in [-0.05, 0) is 29.8 Å². The summed E-state index contributed by atoms with van der Waals surface area (Å²) >= 11 is 0. The molecule has 0 fully saturated rings. The molecule has 3 aromatic rings. The molecular formula is C20H15F4N3O3S. The second-order valence-corrected chi connectivity index (χ2v) is 8.55. The first-order valence-electron chi connectivity index (χ1n) is 8.66. The molecule has 0 aliphatic heterocycles. The molecule has 0 radical (unpaired) electrons. The fraction of sp³-hybridized carbons (Fsp3) is 0.200. The zero-order chi connectivity index (χ0) is 23.0. The van der Waals surface area contributed by atoms with Gasteiger partial charge in [0.2, 0.25) is 0 Å². The van der Waals surface area contributed by atoms with Gasteiger partial charge in [0.15, 0.2) is 27.1 Å². The molecule has 0 amide bonds. The van der Waals surface area contributed by atoms with Gasteiger partial charge in [0, 0.05) is 17.4 Å². The molecule has 0 N–H and O–H groups in total. The zero-order valence-corrected chi connectivity index (χ0v) is 17.1. The van der Waals surface area contributed by atoms with E-state index in [9.17, 15) is 26.0 Å². The SMILES string of the molecule is COc1ccc(-c2c(-c3ccc(S(C)(=O)=O)cc3)nn(CC#N)c2C(F)(F)F)cc1F. The number of rotatable bonds is 5. The molecule has 1 aromatic heterocycles. The lowest BCUT2D eigenvalue weighted by atomic mass is 9.98. The van der Waals surface area contributed by atoms with Crippen LogP contribution in [0, 0.1) is 17.1 Å². The van der Waals surface area contributed by atoms with Gasteiger partial charge in [-0.25, -0.2) is 17.5 Å². The van der Waals surface area contributed by atoms with Crippen molar-refractivity contribution in [3.63, 3.8) is 0 Å². The van der Waals surface area contributed by atoms with Crippen molar-refractivity contribution < 1.29 is 30.7 Å². The Kier molecular flexibility index (Phi) is 5.78. The van der Waals surface area contributed by atoms with E-state index in [0.717, 1.165) is 12.3 Å². The highest BCUT2D eigenvalue weighted by atomic mass is 32.2. The van der Waals surface area contributed by atoms with Gasteiger partial charge in [0.1, 0.15) is 12.2 Å². The van der Waals surface area contributed by atoms with Crippen LogP contribution in [-0.4, -0.2) is 31.6 Å². The molecule has 0 unspecified atom stereocenters. The number of hydrogen-bond acceptors (Lipinski definition) is 5. The second kappa shape index (κ2) is 8.03. The van der Waals surface area contributed by atoms with E-state index in [2.05, 4.69) is 5.10 Å². The Bertz CT molecular complexity index is 1270. The van der Waals surface area contributed by atoms with E-state index in [4.69, 9.17) is 10.00 Å². The summed E-state index contributed by atoms with van der Waals surface area (Å²) in [6.45, 7) is -0.693. The monoisotopic (exact) mass is 453 g/mol. The van der Waals surface area contributed by atoms with Crippen molar-refractivity contribution in [2.45, 2.75) is 17.6 Å². The minimum atomic E-state index is -4.90. The standard InChI is InChI=1S/C20H15F4N3O3S/c1-30-16-8-5-13(11-15(16)21)17-18(12-3-6-14(7-4-12)31(2,28)29)26-27(10-9-25)19(17)20(22,23)24/h3-8,11H,10H2,1-2H3. The molecule has 6 nitrogen and oxygen atoms in total. The van der Waals surface area contributed by atoms with E-state index >= 15 is 0 Å². The minimum Gasteiger partial charge on any atom is -0.494 e. The van der Waals surface area contributed by atoms with Crippen LogP contribution in [0.5, 0.6) is 5.75 Å². The number of ether oxygens (including phenoxy) is 1. The highest BCUT2D eigenvalue weighted by molar-refractivity contribution is 7.90. The molecule has 1 heterocycles. The molecule has 0 bridgehead atoms. The summed E-state index contributed by atoms with van der Waals surface area (Å²) in [5.41, 5.74) is -1.79. The quantitative estimate of drug-likeness (QED) is 0.538. The summed E-state index contributed by atoms with van der Waals surface area (Å²) in [5.74, 6) is -1.03. The smallest absolute Gasteiger partial charge is 0.433 e. The Morgan fingerprint density at radius 2 is 1.74 bits per heavy atom. The molecule has 0 atom stereocenters. The third-order valence-corrected chi connectivity index (χ3v) is 5.57. The summed E-state index contributed by atoms with van der Waals surface area (Å²) in [5, 5.41) is 12.9. The molecule has 0 saturated heterocycles. The lowest BCUT2D eigenvalue weighted by Gasteiger charge is -2.12. The Balaban J connectivity index is 2.33. The van der Waals surface area contributed by atoms with Gasteiger partial charge in [-0.1, -0.05) is 18.2 Å². The summed E-state index contributed by atoms with van der Waals surface area (Å²) in [4.78, 5) is -0.0270. The Hall–Kier alpha value is -3.39. The first-order chi connectivity index (χ1) is 14.5. The fourth-order valence-electron chi connectivity index (χ4n) is 3.09. The molecule has 3 rings (SSSR count). The van der Waals surface area contributed by atoms with Gasteiger partial charge in [-0.3, -0.25) is 0 Å². The van der Waals surface area contributed by atoms with Crippen molar-refractivity contribution in [2.75, 3.05) is 13.4 Å². The molecule has 11 heteroatoms. The first-order valence-corrected chi connectivity index (χ1v) is 10.6. The fourth-order valence-corrected chi connectivity index (χ4v) is 3.72. The number of nitrogens with zero attached hydrogens (tertiary/aromatic N) is 3. The third-order valence-electron chi connectivity index (χ3n) is 4.44. The number of sulfone groups is 1. The van der Waals surface area contributed by atoms with E-state index in [1.165, 1.54) is 43.5 Å². The highest BCUT2D eigenvalue weighted by Gasteiger charge is 2.40. The van der Waals surface area contributed by atoms with E-state index in [-0.39, 0.29) is 27.5 Å². The largest absolute Gasteiger partial charge is 0.494 e. The normalized spacial score (nSPS) is 11.9. The van der Waals surface area contributed by atoms with E-state index < -0.39 is 39.6 Å². The maximum Gasteiger partial charge on any atom is 0.433 e. The predicted molar refractivity (Wildman–Crippen MR) is 103 cm³/mol. The average molecular weight is 453 g/mol. The van der Waals surface area contributed by atoms with E-state index in [1.807, 2.05) is 0 Å². The van der Waals surface area contributed by atoms with E-state index in [0.29, 0.717) is 4.68 Å². The van der Waals surface area contributed by atoms with Crippen LogP contribution in [0.1, 0.15) is 5.69 Å². The average Bonchev–Trinajstić information content (AvgIpc) is 3.07. The number of aromatic nitrogens is 2. The highest BCUT2D eigenvalue weighted by Crippen LogP contribution is 2.43. The van der Waals surface area contributed by atoms with Crippen molar-refractivity contribution in [1.82, 2.24) is 9.78 Å². The lowest BCUT2D eigenvalue weighted by molar-refractivity contribution is -0.143. The summed E-state index contributed by atoms with van der Waals surface area (Å²) in [6, 6.07) is 10.0. The second-order valence-electron chi connectivity index (χ2n) is 6.53. The van der Waals surface area contributed by atoms with Gasteiger partial charge < -0.3 is 4.74 Å². The number of hydrogen-bond donors (Lipinski definition) is 0. The van der Waals surface area contributed by atoms with Crippen LogP contribution in [0.4, 0.5) is 17.6 Å². The van der Waals surface area contributed by atoms with Crippen LogP contribution in [-0.2, 0) is 22.6 Å². The van der Waals surface area contributed by atoms with Crippen LogP contribution in [0.2, 0.25) is 0 Å². The van der Waals surface area contributed by atoms with Crippen molar-refractivity contribution >= 4 is 9.84 Å². The number of nitriles is 1. The third kappa shape index (κ3) is 4.39.